The lowest BCUT2D eigenvalue weighted by Gasteiger charge is -2.30. The molecule has 1 aromatic carbocycles. The molecule has 1 amide bonds. The van der Waals surface area contributed by atoms with Crippen molar-refractivity contribution in [2.24, 2.45) is 5.92 Å². The van der Waals surface area contributed by atoms with Crippen LogP contribution in [0, 0.1) is 5.92 Å². The average Bonchev–Trinajstić information content (AvgIpc) is 2.63. The molecule has 2 N–H and O–H groups in total. The van der Waals surface area contributed by atoms with Crippen LogP contribution in [0.4, 0.5) is 5.69 Å². The van der Waals surface area contributed by atoms with Crippen molar-refractivity contribution in [2.45, 2.75) is 71.1 Å². The zero-order valence-electron chi connectivity index (χ0n) is 18.1. The highest BCUT2D eigenvalue weighted by Gasteiger charge is 2.34. The second kappa shape index (κ2) is 9.80. The van der Waals surface area contributed by atoms with E-state index in [1.165, 1.54) is 0 Å². The molecule has 0 saturated heterocycles. The van der Waals surface area contributed by atoms with E-state index in [1.807, 2.05) is 13.8 Å². The van der Waals surface area contributed by atoms with Crippen LogP contribution in [0.1, 0.15) is 60.3 Å². The standard InChI is InChI=1S/C21H34N2O5S/c1-6-27-18-13-12-17(14-19(18)28-7-2)22-20(24)15-8-10-16(11-9-15)23-29(25,26)21(3,4)5/h12-16,23H,6-11H2,1-5H3,(H,22,24)/t15-,16-. The molecule has 0 aliphatic heterocycles. The number of carbonyl (C=O) groups is 1. The van der Waals surface area contributed by atoms with E-state index in [0.29, 0.717) is 56.1 Å². The number of ether oxygens (including phenoxy) is 2. The highest BCUT2D eigenvalue weighted by Crippen LogP contribution is 2.32. The molecule has 0 bridgehead atoms. The van der Waals surface area contributed by atoms with Crippen molar-refractivity contribution in [3.05, 3.63) is 18.2 Å². The van der Waals surface area contributed by atoms with Gasteiger partial charge in [-0.05, 0) is 72.4 Å². The molecule has 0 atom stereocenters. The molecular formula is C21H34N2O5S. The van der Waals surface area contributed by atoms with E-state index in [1.54, 1.807) is 39.0 Å². The molecule has 1 saturated carbocycles. The number of hydrogen-bond acceptors (Lipinski definition) is 5. The number of rotatable bonds is 8. The van der Waals surface area contributed by atoms with E-state index < -0.39 is 14.8 Å². The van der Waals surface area contributed by atoms with Gasteiger partial charge < -0.3 is 14.8 Å². The number of hydrogen-bond donors (Lipinski definition) is 2. The largest absolute Gasteiger partial charge is 0.490 e. The molecule has 1 aromatic rings. The summed E-state index contributed by atoms with van der Waals surface area (Å²) in [6, 6.07) is 5.25. The Hall–Kier alpha value is -1.80. The third kappa shape index (κ3) is 6.34. The SMILES string of the molecule is CCOc1ccc(NC(=O)[C@H]2CC[C@H](NS(=O)(=O)C(C)(C)C)CC2)cc1OCC. The molecule has 164 valence electrons. The monoisotopic (exact) mass is 426 g/mol. The molecule has 0 spiro atoms. The Morgan fingerprint density at radius 2 is 1.62 bits per heavy atom. The van der Waals surface area contributed by atoms with Crippen molar-refractivity contribution < 1.29 is 22.7 Å². The Kier molecular flexibility index (Phi) is 7.94. The zero-order chi connectivity index (χ0) is 21.7. The van der Waals surface area contributed by atoms with Crippen LogP contribution >= 0.6 is 0 Å². The average molecular weight is 427 g/mol. The third-order valence-corrected chi connectivity index (χ3v) is 7.29. The lowest BCUT2D eigenvalue weighted by Crippen LogP contribution is -2.46. The van der Waals surface area contributed by atoms with Crippen LogP contribution in [0.15, 0.2) is 18.2 Å². The van der Waals surface area contributed by atoms with Crippen LogP contribution in [-0.4, -0.2) is 38.3 Å². The summed E-state index contributed by atoms with van der Waals surface area (Å²) in [6.07, 6.45) is 2.61. The fourth-order valence-electron chi connectivity index (χ4n) is 3.24. The van der Waals surface area contributed by atoms with Crippen LogP contribution in [0.2, 0.25) is 0 Å². The van der Waals surface area contributed by atoms with E-state index in [2.05, 4.69) is 10.0 Å². The second-order valence-corrected chi connectivity index (χ2v) is 10.8. The van der Waals surface area contributed by atoms with Crippen LogP contribution in [0.25, 0.3) is 0 Å². The van der Waals surface area contributed by atoms with Gasteiger partial charge >= 0.3 is 0 Å². The van der Waals surface area contributed by atoms with Gasteiger partial charge in [0.05, 0.1) is 18.0 Å². The lowest BCUT2D eigenvalue weighted by atomic mass is 9.86. The summed E-state index contributed by atoms with van der Waals surface area (Å²) in [7, 11) is -3.38. The quantitative estimate of drug-likeness (QED) is 0.661. The van der Waals surface area contributed by atoms with Gasteiger partial charge in [0.2, 0.25) is 15.9 Å². The fraction of sp³-hybridized carbons (Fsp3) is 0.667. The molecular weight excluding hydrogens is 392 g/mol. The predicted molar refractivity (Wildman–Crippen MR) is 115 cm³/mol. The van der Waals surface area contributed by atoms with Crippen molar-refractivity contribution in [3.63, 3.8) is 0 Å². The van der Waals surface area contributed by atoms with Gasteiger partial charge in [-0.1, -0.05) is 0 Å². The Morgan fingerprint density at radius 1 is 1.03 bits per heavy atom. The van der Waals surface area contributed by atoms with Gasteiger partial charge in [0.25, 0.3) is 0 Å². The number of carbonyl (C=O) groups excluding carboxylic acids is 1. The maximum Gasteiger partial charge on any atom is 0.227 e. The van der Waals surface area contributed by atoms with E-state index in [9.17, 15) is 13.2 Å². The van der Waals surface area contributed by atoms with Gasteiger partial charge in [-0.15, -0.1) is 0 Å². The molecule has 8 heteroatoms. The van der Waals surface area contributed by atoms with Gasteiger partial charge in [-0.25, -0.2) is 13.1 Å². The summed E-state index contributed by atoms with van der Waals surface area (Å²) >= 11 is 0. The van der Waals surface area contributed by atoms with E-state index in [-0.39, 0.29) is 17.9 Å². The molecule has 1 fully saturated rings. The van der Waals surface area contributed by atoms with Crippen molar-refractivity contribution in [1.29, 1.82) is 0 Å². The molecule has 1 aliphatic rings. The van der Waals surface area contributed by atoms with Crippen LogP contribution in [-0.2, 0) is 14.8 Å². The summed E-state index contributed by atoms with van der Waals surface area (Å²) in [4.78, 5) is 12.7. The van der Waals surface area contributed by atoms with Gasteiger partial charge in [0.15, 0.2) is 11.5 Å². The summed E-state index contributed by atoms with van der Waals surface area (Å²) < 4.78 is 37.8. The smallest absolute Gasteiger partial charge is 0.227 e. The van der Waals surface area contributed by atoms with Crippen LogP contribution in [0.5, 0.6) is 11.5 Å². The molecule has 0 aromatic heterocycles. The Balaban J connectivity index is 1.94. The molecule has 1 aliphatic carbocycles. The van der Waals surface area contributed by atoms with E-state index >= 15 is 0 Å². The minimum Gasteiger partial charge on any atom is -0.490 e. The molecule has 0 unspecified atom stereocenters. The van der Waals surface area contributed by atoms with Gasteiger partial charge in [0.1, 0.15) is 0 Å². The third-order valence-electron chi connectivity index (χ3n) is 5.04. The summed E-state index contributed by atoms with van der Waals surface area (Å²) in [6.45, 7) is 9.89. The number of benzene rings is 1. The van der Waals surface area contributed by atoms with Gasteiger partial charge in [-0.2, -0.15) is 0 Å². The maximum atomic E-state index is 12.7. The second-order valence-electron chi connectivity index (χ2n) is 8.30. The van der Waals surface area contributed by atoms with Crippen molar-refractivity contribution >= 4 is 21.6 Å². The lowest BCUT2D eigenvalue weighted by molar-refractivity contribution is -0.120. The Labute approximate surface area is 174 Å². The van der Waals surface area contributed by atoms with Gasteiger partial charge in [0, 0.05) is 23.7 Å². The molecule has 0 heterocycles. The summed E-state index contributed by atoms with van der Waals surface area (Å²) in [5, 5.41) is 2.95. The first kappa shape index (κ1) is 23.5. The topological polar surface area (TPSA) is 93.7 Å². The van der Waals surface area contributed by atoms with Crippen molar-refractivity contribution in [3.8, 4) is 11.5 Å². The highest BCUT2D eigenvalue weighted by atomic mass is 32.2. The molecule has 7 nitrogen and oxygen atoms in total. The minimum absolute atomic E-state index is 0.0475. The number of anilines is 1. The number of amides is 1. The maximum absolute atomic E-state index is 12.7. The summed E-state index contributed by atoms with van der Waals surface area (Å²) in [5.41, 5.74) is 0.664. The number of sulfonamides is 1. The van der Waals surface area contributed by atoms with E-state index in [0.717, 1.165) is 0 Å². The first-order chi connectivity index (χ1) is 13.6. The molecule has 29 heavy (non-hydrogen) atoms. The fourth-order valence-corrected chi connectivity index (χ4v) is 4.27. The number of nitrogens with one attached hydrogen (secondary N) is 2. The minimum atomic E-state index is -3.38. The molecule has 0 radical (unpaired) electrons. The highest BCUT2D eigenvalue weighted by molar-refractivity contribution is 7.90. The first-order valence-electron chi connectivity index (χ1n) is 10.3. The van der Waals surface area contributed by atoms with E-state index in [4.69, 9.17) is 9.47 Å². The van der Waals surface area contributed by atoms with Crippen molar-refractivity contribution in [2.75, 3.05) is 18.5 Å². The zero-order valence-corrected chi connectivity index (χ0v) is 18.9. The van der Waals surface area contributed by atoms with Crippen LogP contribution in [0.3, 0.4) is 0 Å². The predicted octanol–water partition coefficient (Wildman–Crippen LogP) is 3.70. The molecule has 2 rings (SSSR count). The Bertz CT molecular complexity index is 794. The normalized spacial score (nSPS) is 20.2. The van der Waals surface area contributed by atoms with Crippen molar-refractivity contribution in [1.82, 2.24) is 4.72 Å². The summed E-state index contributed by atoms with van der Waals surface area (Å²) in [5.74, 6) is 1.08. The first-order valence-corrected chi connectivity index (χ1v) is 11.8. The Morgan fingerprint density at radius 3 is 2.17 bits per heavy atom. The van der Waals surface area contributed by atoms with Gasteiger partial charge in [-0.3, -0.25) is 4.79 Å². The van der Waals surface area contributed by atoms with Crippen LogP contribution < -0.4 is 19.5 Å².